The smallest absolute Gasteiger partial charge is 0.210 e. The van der Waals surface area contributed by atoms with E-state index in [0.717, 1.165) is 11.7 Å². The minimum Gasteiger partial charge on any atom is -0.461 e. The zero-order valence-electron chi connectivity index (χ0n) is 8.73. The quantitative estimate of drug-likeness (QED) is 0.866. The molecule has 2 aromatic heterocycles. The summed E-state index contributed by atoms with van der Waals surface area (Å²) in [5, 5.41) is 4.07. The van der Waals surface area contributed by atoms with Crippen LogP contribution >= 0.6 is 11.5 Å². The van der Waals surface area contributed by atoms with E-state index in [2.05, 4.69) is 28.5 Å². The van der Waals surface area contributed by atoms with Gasteiger partial charge >= 0.3 is 0 Å². The average molecular weight is 223 g/mol. The van der Waals surface area contributed by atoms with Gasteiger partial charge in [0.2, 0.25) is 11.0 Å². The highest BCUT2D eigenvalue weighted by molar-refractivity contribution is 7.09. The lowest BCUT2D eigenvalue weighted by Crippen LogP contribution is -2.07. The second-order valence-corrected chi connectivity index (χ2v) is 4.43. The second-order valence-electron chi connectivity index (χ2n) is 3.68. The number of hydrogen-bond acceptors (Lipinski definition) is 5. The second kappa shape index (κ2) is 4.44. The lowest BCUT2D eigenvalue weighted by atomic mass is 10.2. The molecule has 0 aliphatic heterocycles. The molecule has 0 atom stereocenters. The van der Waals surface area contributed by atoms with Crippen molar-refractivity contribution in [3.05, 3.63) is 18.4 Å². The fourth-order valence-corrected chi connectivity index (χ4v) is 1.67. The zero-order chi connectivity index (χ0) is 10.7. The predicted octanol–water partition coefficient (Wildman–Crippen LogP) is 2.87. The van der Waals surface area contributed by atoms with Gasteiger partial charge in [-0.05, 0) is 18.1 Å². The number of nitrogens with one attached hydrogen (secondary N) is 1. The van der Waals surface area contributed by atoms with Gasteiger partial charge in [-0.15, -0.1) is 0 Å². The fourth-order valence-electron chi connectivity index (χ4n) is 1.09. The highest BCUT2D eigenvalue weighted by Crippen LogP contribution is 2.21. The van der Waals surface area contributed by atoms with E-state index in [1.165, 1.54) is 11.5 Å². The van der Waals surface area contributed by atoms with Gasteiger partial charge in [-0.1, -0.05) is 13.8 Å². The maximum Gasteiger partial charge on any atom is 0.210 e. The number of hydrogen-bond donors (Lipinski definition) is 1. The summed E-state index contributed by atoms with van der Waals surface area (Å²) in [6.45, 7) is 5.22. The number of furan rings is 1. The summed E-state index contributed by atoms with van der Waals surface area (Å²) >= 11 is 1.36. The van der Waals surface area contributed by atoms with Crippen LogP contribution in [0.1, 0.15) is 13.8 Å². The van der Waals surface area contributed by atoms with Crippen LogP contribution in [0.15, 0.2) is 22.8 Å². The van der Waals surface area contributed by atoms with Crippen LogP contribution in [0.5, 0.6) is 0 Å². The van der Waals surface area contributed by atoms with Crippen molar-refractivity contribution < 1.29 is 4.42 Å². The predicted molar refractivity (Wildman–Crippen MR) is 60.9 cm³/mol. The molecule has 0 fully saturated rings. The maximum absolute atomic E-state index is 5.21. The van der Waals surface area contributed by atoms with E-state index in [1.807, 2.05) is 12.1 Å². The van der Waals surface area contributed by atoms with Gasteiger partial charge in [0.25, 0.3) is 0 Å². The third-order valence-corrected chi connectivity index (χ3v) is 2.50. The van der Waals surface area contributed by atoms with Crippen molar-refractivity contribution in [2.75, 3.05) is 11.9 Å². The van der Waals surface area contributed by atoms with Gasteiger partial charge < -0.3 is 9.73 Å². The monoisotopic (exact) mass is 223 g/mol. The van der Waals surface area contributed by atoms with Gasteiger partial charge in [-0.3, -0.25) is 0 Å². The summed E-state index contributed by atoms with van der Waals surface area (Å²) < 4.78 is 9.42. The fraction of sp³-hybridized carbons (Fsp3) is 0.400. The molecule has 2 aromatic rings. The number of aromatic nitrogens is 2. The topological polar surface area (TPSA) is 51.0 Å². The van der Waals surface area contributed by atoms with Crippen molar-refractivity contribution in [3.63, 3.8) is 0 Å². The zero-order valence-corrected chi connectivity index (χ0v) is 9.54. The van der Waals surface area contributed by atoms with Crippen LogP contribution in [0.3, 0.4) is 0 Å². The number of anilines is 1. The first kappa shape index (κ1) is 10.2. The summed E-state index contributed by atoms with van der Waals surface area (Å²) in [5.74, 6) is 1.96. The van der Waals surface area contributed by atoms with Crippen molar-refractivity contribution >= 4 is 16.7 Å². The van der Waals surface area contributed by atoms with Crippen molar-refractivity contribution in [1.82, 2.24) is 9.36 Å². The summed E-state index contributed by atoms with van der Waals surface area (Å²) in [6, 6.07) is 3.69. The standard InChI is InChI=1S/C10H13N3OS/c1-7(2)6-11-10-12-9(13-15-10)8-4-3-5-14-8/h3-5,7H,6H2,1-2H3,(H,11,12,13). The van der Waals surface area contributed by atoms with Gasteiger partial charge in [0.05, 0.1) is 6.26 Å². The highest BCUT2D eigenvalue weighted by Gasteiger charge is 2.08. The van der Waals surface area contributed by atoms with Crippen LogP contribution in [0.25, 0.3) is 11.6 Å². The van der Waals surface area contributed by atoms with E-state index in [4.69, 9.17) is 4.42 Å². The Balaban J connectivity index is 2.04. The van der Waals surface area contributed by atoms with Crippen LogP contribution in [0, 0.1) is 5.92 Å². The minimum atomic E-state index is 0.598. The van der Waals surface area contributed by atoms with E-state index < -0.39 is 0 Å². The Labute approximate surface area is 92.5 Å². The van der Waals surface area contributed by atoms with Crippen molar-refractivity contribution in [3.8, 4) is 11.6 Å². The molecule has 0 saturated heterocycles. The lowest BCUT2D eigenvalue weighted by molar-refractivity contribution is 0.578. The molecule has 0 aromatic carbocycles. The Morgan fingerprint density at radius 3 is 3.07 bits per heavy atom. The van der Waals surface area contributed by atoms with E-state index in [1.54, 1.807) is 6.26 Å². The molecule has 80 valence electrons. The summed E-state index contributed by atoms with van der Waals surface area (Å²) in [6.07, 6.45) is 1.62. The molecule has 0 unspecified atom stereocenters. The largest absolute Gasteiger partial charge is 0.461 e. The maximum atomic E-state index is 5.21. The van der Waals surface area contributed by atoms with Gasteiger partial charge in [-0.2, -0.15) is 9.36 Å². The molecule has 0 aliphatic rings. The number of rotatable bonds is 4. The molecule has 0 spiro atoms. The van der Waals surface area contributed by atoms with Crippen molar-refractivity contribution in [2.24, 2.45) is 5.92 Å². The third-order valence-electron chi connectivity index (χ3n) is 1.83. The average Bonchev–Trinajstić information content (AvgIpc) is 2.85. The molecule has 0 bridgehead atoms. The van der Waals surface area contributed by atoms with Gasteiger partial charge in [0, 0.05) is 18.1 Å². The molecule has 15 heavy (non-hydrogen) atoms. The Bertz CT molecular complexity index is 408. The minimum absolute atomic E-state index is 0.598. The highest BCUT2D eigenvalue weighted by atomic mass is 32.1. The van der Waals surface area contributed by atoms with Crippen LogP contribution in [-0.2, 0) is 0 Å². The molecule has 2 heterocycles. The van der Waals surface area contributed by atoms with E-state index in [-0.39, 0.29) is 0 Å². The molecule has 2 rings (SSSR count). The molecule has 1 N–H and O–H groups in total. The first-order chi connectivity index (χ1) is 7.25. The van der Waals surface area contributed by atoms with Crippen molar-refractivity contribution in [2.45, 2.75) is 13.8 Å². The lowest BCUT2D eigenvalue weighted by Gasteiger charge is -2.03. The van der Waals surface area contributed by atoms with Gasteiger partial charge in [0.15, 0.2) is 5.76 Å². The molecule has 4 nitrogen and oxygen atoms in total. The third kappa shape index (κ3) is 2.56. The molecule has 0 radical (unpaired) electrons. The van der Waals surface area contributed by atoms with Gasteiger partial charge in [-0.25, -0.2) is 0 Å². The molecule has 5 heteroatoms. The van der Waals surface area contributed by atoms with Crippen LogP contribution in [-0.4, -0.2) is 15.9 Å². The molecule has 0 aliphatic carbocycles. The van der Waals surface area contributed by atoms with Crippen LogP contribution in [0.2, 0.25) is 0 Å². The summed E-state index contributed by atoms with van der Waals surface area (Å²) in [4.78, 5) is 4.33. The summed E-state index contributed by atoms with van der Waals surface area (Å²) in [7, 11) is 0. The normalized spacial score (nSPS) is 10.9. The SMILES string of the molecule is CC(C)CNc1nc(-c2ccco2)ns1. The van der Waals surface area contributed by atoms with E-state index in [9.17, 15) is 0 Å². The molecular formula is C10H13N3OS. The molecule has 0 saturated carbocycles. The van der Waals surface area contributed by atoms with Crippen molar-refractivity contribution in [1.29, 1.82) is 0 Å². The van der Waals surface area contributed by atoms with E-state index in [0.29, 0.717) is 17.5 Å². The molecule has 0 amide bonds. The Morgan fingerprint density at radius 1 is 1.53 bits per heavy atom. The Morgan fingerprint density at radius 2 is 2.40 bits per heavy atom. The summed E-state index contributed by atoms with van der Waals surface area (Å²) in [5.41, 5.74) is 0. The van der Waals surface area contributed by atoms with Gasteiger partial charge in [0.1, 0.15) is 0 Å². The van der Waals surface area contributed by atoms with Crippen LogP contribution in [0.4, 0.5) is 5.13 Å². The molecular weight excluding hydrogens is 210 g/mol. The number of nitrogens with zero attached hydrogens (tertiary/aromatic N) is 2. The Kier molecular flexibility index (Phi) is 3.01. The first-order valence-electron chi connectivity index (χ1n) is 4.87. The first-order valence-corrected chi connectivity index (χ1v) is 5.64. The Hall–Kier alpha value is -1.36. The van der Waals surface area contributed by atoms with E-state index >= 15 is 0 Å². The van der Waals surface area contributed by atoms with Crippen LogP contribution < -0.4 is 5.32 Å².